The monoisotopic (exact) mass is 279 g/mol. The van der Waals surface area contributed by atoms with Gasteiger partial charge in [-0.2, -0.15) is 0 Å². The Balaban J connectivity index is 1.66. The van der Waals surface area contributed by atoms with Crippen LogP contribution in [0, 0.1) is 6.92 Å². The maximum absolute atomic E-state index is 5.34. The van der Waals surface area contributed by atoms with Crippen molar-refractivity contribution in [3.63, 3.8) is 0 Å². The molecule has 2 rings (SSSR count). The molecule has 1 aromatic rings. The second kappa shape index (κ2) is 8.42. The van der Waals surface area contributed by atoms with Crippen molar-refractivity contribution >= 4 is 0 Å². The zero-order chi connectivity index (χ0) is 14.2. The lowest BCUT2D eigenvalue weighted by atomic mass is 10.0. The van der Waals surface area contributed by atoms with Crippen molar-refractivity contribution in [1.29, 1.82) is 0 Å². The van der Waals surface area contributed by atoms with E-state index >= 15 is 0 Å². The van der Waals surface area contributed by atoms with E-state index < -0.39 is 0 Å². The molecule has 0 aliphatic heterocycles. The minimum Gasteiger partial charge on any atom is -0.382 e. The molecule has 0 fully saturated rings. The van der Waals surface area contributed by atoms with Crippen molar-refractivity contribution in [2.24, 2.45) is 0 Å². The fraction of sp³-hybridized carbons (Fsp3) is 0.812. The first kappa shape index (κ1) is 15.5. The molecule has 1 aliphatic rings. The number of nitrogens with zero attached hydrogens (tertiary/aromatic N) is 2. The summed E-state index contributed by atoms with van der Waals surface area (Å²) in [5.41, 5.74) is 2.84. The molecular formula is C16H29N3O. The lowest BCUT2D eigenvalue weighted by Crippen LogP contribution is -2.23. The standard InChI is InChI=1S/C16H29N3O/c1-3-20-13-7-6-10-17-11-12-19-14(2)18-15-8-4-5-9-16(15)19/h17H,3-13H2,1-2H3. The molecule has 0 saturated carbocycles. The number of rotatable bonds is 9. The minimum absolute atomic E-state index is 0.832. The van der Waals surface area contributed by atoms with Crippen LogP contribution in [0.4, 0.5) is 0 Å². The minimum atomic E-state index is 0.832. The van der Waals surface area contributed by atoms with Crippen LogP contribution in [-0.2, 0) is 24.1 Å². The van der Waals surface area contributed by atoms with Crippen LogP contribution in [0.15, 0.2) is 0 Å². The van der Waals surface area contributed by atoms with Crippen LogP contribution in [0.25, 0.3) is 0 Å². The van der Waals surface area contributed by atoms with Gasteiger partial charge in [0.1, 0.15) is 5.82 Å². The summed E-state index contributed by atoms with van der Waals surface area (Å²) in [5, 5.41) is 3.53. The van der Waals surface area contributed by atoms with Gasteiger partial charge in [-0.05, 0) is 58.9 Å². The van der Waals surface area contributed by atoms with Gasteiger partial charge >= 0.3 is 0 Å². The molecule has 4 nitrogen and oxygen atoms in total. The van der Waals surface area contributed by atoms with Crippen LogP contribution in [-0.4, -0.2) is 35.9 Å². The third kappa shape index (κ3) is 4.32. The van der Waals surface area contributed by atoms with Gasteiger partial charge in [0.25, 0.3) is 0 Å². The molecule has 1 aromatic heterocycles. The Labute approximate surface area is 122 Å². The number of imidazole rings is 1. The number of unbranched alkanes of at least 4 members (excludes halogenated alkanes) is 1. The van der Waals surface area contributed by atoms with Crippen LogP contribution < -0.4 is 5.32 Å². The van der Waals surface area contributed by atoms with Gasteiger partial charge in [-0.3, -0.25) is 0 Å². The number of hydrogen-bond donors (Lipinski definition) is 1. The fourth-order valence-corrected chi connectivity index (χ4v) is 2.95. The quantitative estimate of drug-likeness (QED) is 0.706. The molecule has 1 heterocycles. The number of fused-ring (bicyclic) bond motifs is 1. The third-order valence-electron chi connectivity index (χ3n) is 4.03. The van der Waals surface area contributed by atoms with Crippen LogP contribution in [0.1, 0.15) is 49.8 Å². The molecule has 0 saturated heterocycles. The molecule has 0 atom stereocenters. The molecule has 0 amide bonds. The van der Waals surface area contributed by atoms with E-state index in [1.807, 2.05) is 6.92 Å². The van der Waals surface area contributed by atoms with Gasteiger partial charge in [0.15, 0.2) is 0 Å². The van der Waals surface area contributed by atoms with Gasteiger partial charge in [-0.1, -0.05) is 0 Å². The summed E-state index contributed by atoms with van der Waals surface area (Å²) in [6.45, 7) is 9.10. The molecule has 114 valence electrons. The summed E-state index contributed by atoms with van der Waals surface area (Å²) in [5.74, 6) is 1.19. The predicted octanol–water partition coefficient (Wildman–Crippen LogP) is 2.48. The van der Waals surface area contributed by atoms with Crippen LogP contribution in [0.5, 0.6) is 0 Å². The zero-order valence-corrected chi connectivity index (χ0v) is 13.1. The van der Waals surface area contributed by atoms with Crippen molar-refractivity contribution in [3.05, 3.63) is 17.2 Å². The van der Waals surface area contributed by atoms with Gasteiger partial charge in [-0.25, -0.2) is 4.98 Å². The molecule has 1 N–H and O–H groups in total. The molecule has 0 spiro atoms. The van der Waals surface area contributed by atoms with Crippen LogP contribution in [0.2, 0.25) is 0 Å². The van der Waals surface area contributed by atoms with E-state index in [0.717, 1.165) is 39.3 Å². The Kier molecular flexibility index (Phi) is 6.54. The maximum atomic E-state index is 5.34. The first-order valence-electron chi connectivity index (χ1n) is 8.16. The Hall–Kier alpha value is -0.870. The zero-order valence-electron chi connectivity index (χ0n) is 13.1. The fourth-order valence-electron chi connectivity index (χ4n) is 2.95. The summed E-state index contributed by atoms with van der Waals surface area (Å²) in [7, 11) is 0. The summed E-state index contributed by atoms with van der Waals surface area (Å²) in [4.78, 5) is 4.72. The predicted molar refractivity (Wildman–Crippen MR) is 82.2 cm³/mol. The van der Waals surface area contributed by atoms with Gasteiger partial charge in [0.2, 0.25) is 0 Å². The molecule has 0 bridgehead atoms. The Morgan fingerprint density at radius 2 is 2.05 bits per heavy atom. The van der Waals surface area contributed by atoms with Gasteiger partial charge in [0, 0.05) is 32.0 Å². The van der Waals surface area contributed by atoms with E-state index in [9.17, 15) is 0 Å². The average Bonchev–Trinajstić information content (AvgIpc) is 2.78. The van der Waals surface area contributed by atoms with Gasteiger partial charge < -0.3 is 14.6 Å². The Morgan fingerprint density at radius 3 is 2.90 bits per heavy atom. The highest BCUT2D eigenvalue weighted by Crippen LogP contribution is 2.21. The number of hydrogen-bond acceptors (Lipinski definition) is 3. The normalized spacial score (nSPS) is 14.5. The van der Waals surface area contributed by atoms with Crippen molar-refractivity contribution in [1.82, 2.24) is 14.9 Å². The first-order chi connectivity index (χ1) is 9.83. The highest BCUT2D eigenvalue weighted by Gasteiger charge is 2.17. The summed E-state index contributed by atoms with van der Waals surface area (Å²) < 4.78 is 7.76. The Morgan fingerprint density at radius 1 is 1.20 bits per heavy atom. The van der Waals surface area contributed by atoms with E-state index in [4.69, 9.17) is 9.72 Å². The number of aryl methyl sites for hydroxylation is 2. The first-order valence-corrected chi connectivity index (χ1v) is 8.16. The summed E-state index contributed by atoms with van der Waals surface area (Å²) in [6, 6.07) is 0. The smallest absolute Gasteiger partial charge is 0.106 e. The summed E-state index contributed by atoms with van der Waals surface area (Å²) >= 11 is 0. The van der Waals surface area contributed by atoms with Crippen LogP contribution >= 0.6 is 0 Å². The second-order valence-electron chi connectivity index (χ2n) is 5.57. The molecular weight excluding hydrogens is 250 g/mol. The molecule has 4 heteroatoms. The van der Waals surface area contributed by atoms with E-state index in [1.165, 1.54) is 49.3 Å². The van der Waals surface area contributed by atoms with Crippen LogP contribution in [0.3, 0.4) is 0 Å². The van der Waals surface area contributed by atoms with E-state index in [0.29, 0.717) is 0 Å². The SMILES string of the molecule is CCOCCCCNCCn1c(C)nc2c1CCCC2. The highest BCUT2D eigenvalue weighted by atomic mass is 16.5. The van der Waals surface area contributed by atoms with E-state index in [1.54, 1.807) is 0 Å². The molecule has 0 unspecified atom stereocenters. The molecule has 20 heavy (non-hydrogen) atoms. The number of nitrogens with one attached hydrogen (secondary N) is 1. The third-order valence-corrected chi connectivity index (χ3v) is 4.03. The lowest BCUT2D eigenvalue weighted by Gasteiger charge is -2.15. The molecule has 1 aliphatic carbocycles. The van der Waals surface area contributed by atoms with Gasteiger partial charge in [-0.15, -0.1) is 0 Å². The van der Waals surface area contributed by atoms with E-state index in [-0.39, 0.29) is 0 Å². The maximum Gasteiger partial charge on any atom is 0.106 e. The average molecular weight is 279 g/mol. The van der Waals surface area contributed by atoms with Crippen molar-refractivity contribution < 1.29 is 4.74 Å². The number of aromatic nitrogens is 2. The Bertz CT molecular complexity index is 401. The number of ether oxygens (including phenoxy) is 1. The molecule has 0 aromatic carbocycles. The van der Waals surface area contributed by atoms with Gasteiger partial charge in [0.05, 0.1) is 5.69 Å². The van der Waals surface area contributed by atoms with Crippen molar-refractivity contribution in [3.8, 4) is 0 Å². The largest absolute Gasteiger partial charge is 0.382 e. The highest BCUT2D eigenvalue weighted by molar-refractivity contribution is 5.19. The lowest BCUT2D eigenvalue weighted by molar-refractivity contribution is 0.143. The topological polar surface area (TPSA) is 39.1 Å². The van der Waals surface area contributed by atoms with E-state index in [2.05, 4.69) is 16.8 Å². The summed E-state index contributed by atoms with van der Waals surface area (Å²) in [6.07, 6.45) is 7.37. The van der Waals surface area contributed by atoms with Crippen molar-refractivity contribution in [2.75, 3.05) is 26.3 Å². The van der Waals surface area contributed by atoms with Crippen molar-refractivity contribution in [2.45, 2.75) is 58.9 Å². The molecule has 0 radical (unpaired) electrons. The second-order valence-corrected chi connectivity index (χ2v) is 5.57.